The van der Waals surface area contributed by atoms with Gasteiger partial charge in [-0.15, -0.1) is 0 Å². The summed E-state index contributed by atoms with van der Waals surface area (Å²) >= 11 is 0. The van der Waals surface area contributed by atoms with Gasteiger partial charge in [0.2, 0.25) is 0 Å². The van der Waals surface area contributed by atoms with Crippen molar-refractivity contribution in [3.8, 4) is 0 Å². The van der Waals surface area contributed by atoms with E-state index in [4.69, 9.17) is 5.11 Å². The summed E-state index contributed by atoms with van der Waals surface area (Å²) in [6, 6.07) is 1.65. The van der Waals surface area contributed by atoms with Gasteiger partial charge < -0.3 is 10.4 Å². The topological polar surface area (TPSA) is 78.0 Å². The highest BCUT2D eigenvalue weighted by Crippen LogP contribution is 2.30. The fourth-order valence-corrected chi connectivity index (χ4v) is 2.32. The average Bonchev–Trinajstić information content (AvgIpc) is 2.96. The number of rotatable bonds is 4. The number of carbonyl (C=O) groups is 1. The van der Waals surface area contributed by atoms with Crippen LogP contribution in [0.1, 0.15) is 29.8 Å². The first-order valence-corrected chi connectivity index (χ1v) is 5.69. The molecule has 2 unspecified atom stereocenters. The molecular weight excluding hydrogens is 206 g/mol. The van der Waals surface area contributed by atoms with E-state index in [1.807, 2.05) is 0 Å². The van der Waals surface area contributed by atoms with Gasteiger partial charge in [0.25, 0.3) is 5.91 Å². The zero-order valence-electron chi connectivity index (χ0n) is 9.15. The Morgan fingerprint density at radius 2 is 2.38 bits per heavy atom. The van der Waals surface area contributed by atoms with Crippen molar-refractivity contribution >= 4 is 5.91 Å². The number of H-pyrrole nitrogens is 1. The lowest BCUT2D eigenvalue weighted by molar-refractivity contribution is 0.0933. The molecule has 0 spiro atoms. The second-order valence-corrected chi connectivity index (χ2v) is 4.31. The van der Waals surface area contributed by atoms with Gasteiger partial charge in [-0.2, -0.15) is 5.10 Å². The first kappa shape index (κ1) is 11.1. The highest BCUT2D eigenvalue weighted by atomic mass is 16.3. The fourth-order valence-electron chi connectivity index (χ4n) is 2.32. The number of carbonyl (C=O) groups excluding carboxylic acids is 1. The summed E-state index contributed by atoms with van der Waals surface area (Å²) in [5.74, 6) is 0.639. The summed E-state index contributed by atoms with van der Waals surface area (Å²) < 4.78 is 0. The molecule has 1 heterocycles. The van der Waals surface area contributed by atoms with Gasteiger partial charge in [-0.25, -0.2) is 0 Å². The van der Waals surface area contributed by atoms with Crippen molar-refractivity contribution in [2.24, 2.45) is 11.8 Å². The van der Waals surface area contributed by atoms with Gasteiger partial charge >= 0.3 is 0 Å². The number of hydrogen-bond donors (Lipinski definition) is 3. The first-order valence-electron chi connectivity index (χ1n) is 5.69. The first-order chi connectivity index (χ1) is 7.81. The third-order valence-corrected chi connectivity index (χ3v) is 3.32. The number of aromatic nitrogens is 2. The zero-order chi connectivity index (χ0) is 11.4. The number of hydrogen-bond acceptors (Lipinski definition) is 3. The molecule has 5 heteroatoms. The van der Waals surface area contributed by atoms with Crippen LogP contribution in [-0.2, 0) is 0 Å². The maximum absolute atomic E-state index is 11.6. The SMILES string of the molecule is O=C(NCC1CCCC1CO)c1ccn[nH]1. The van der Waals surface area contributed by atoms with E-state index in [1.165, 1.54) is 0 Å². The number of nitrogens with one attached hydrogen (secondary N) is 2. The molecule has 2 atom stereocenters. The van der Waals surface area contributed by atoms with E-state index in [0.717, 1.165) is 19.3 Å². The van der Waals surface area contributed by atoms with Crippen LogP contribution >= 0.6 is 0 Å². The van der Waals surface area contributed by atoms with E-state index < -0.39 is 0 Å². The van der Waals surface area contributed by atoms with E-state index in [9.17, 15) is 4.79 Å². The molecule has 1 aliphatic rings. The zero-order valence-corrected chi connectivity index (χ0v) is 9.15. The molecule has 16 heavy (non-hydrogen) atoms. The minimum absolute atomic E-state index is 0.124. The third kappa shape index (κ3) is 2.41. The van der Waals surface area contributed by atoms with Crippen LogP contribution in [0.5, 0.6) is 0 Å². The summed E-state index contributed by atoms with van der Waals surface area (Å²) in [4.78, 5) is 11.6. The summed E-state index contributed by atoms with van der Waals surface area (Å²) in [6.45, 7) is 0.869. The highest BCUT2D eigenvalue weighted by Gasteiger charge is 2.26. The van der Waals surface area contributed by atoms with Crippen LogP contribution in [-0.4, -0.2) is 34.4 Å². The minimum Gasteiger partial charge on any atom is -0.396 e. The third-order valence-electron chi connectivity index (χ3n) is 3.32. The van der Waals surface area contributed by atoms with Crippen LogP contribution in [0.3, 0.4) is 0 Å². The summed E-state index contributed by atoms with van der Waals surface area (Å²) in [7, 11) is 0. The van der Waals surface area contributed by atoms with E-state index in [1.54, 1.807) is 12.3 Å². The predicted molar refractivity (Wildman–Crippen MR) is 58.8 cm³/mol. The Labute approximate surface area is 94.2 Å². The van der Waals surface area contributed by atoms with Crippen molar-refractivity contribution in [3.05, 3.63) is 18.0 Å². The molecule has 1 saturated carbocycles. The largest absolute Gasteiger partial charge is 0.396 e. The molecule has 1 aromatic heterocycles. The maximum Gasteiger partial charge on any atom is 0.269 e. The molecule has 0 radical (unpaired) electrons. The molecule has 3 N–H and O–H groups in total. The summed E-state index contributed by atoms with van der Waals surface area (Å²) in [5.41, 5.74) is 0.485. The molecule has 1 aliphatic carbocycles. The van der Waals surface area contributed by atoms with E-state index in [2.05, 4.69) is 15.5 Å². The highest BCUT2D eigenvalue weighted by molar-refractivity contribution is 5.92. The Hall–Kier alpha value is -1.36. The monoisotopic (exact) mass is 223 g/mol. The standard InChI is InChI=1S/C11H17N3O2/c15-7-9-3-1-2-8(9)6-12-11(16)10-4-5-13-14-10/h4-5,8-9,15H,1-3,6-7H2,(H,12,16)(H,13,14). The number of aliphatic hydroxyl groups is 1. The molecule has 88 valence electrons. The van der Waals surface area contributed by atoms with Crippen molar-refractivity contribution in [1.82, 2.24) is 15.5 Å². The molecule has 2 rings (SSSR count). The van der Waals surface area contributed by atoms with Crippen molar-refractivity contribution in [2.45, 2.75) is 19.3 Å². The van der Waals surface area contributed by atoms with Gasteiger partial charge in [0.05, 0.1) is 0 Å². The van der Waals surface area contributed by atoms with Crippen molar-refractivity contribution in [3.63, 3.8) is 0 Å². The van der Waals surface area contributed by atoms with E-state index in [-0.39, 0.29) is 12.5 Å². The van der Waals surface area contributed by atoms with Crippen LogP contribution in [0.2, 0.25) is 0 Å². The van der Waals surface area contributed by atoms with Gasteiger partial charge in [-0.1, -0.05) is 6.42 Å². The Morgan fingerprint density at radius 3 is 3.06 bits per heavy atom. The van der Waals surface area contributed by atoms with Crippen LogP contribution < -0.4 is 5.32 Å². The van der Waals surface area contributed by atoms with Crippen LogP contribution in [0, 0.1) is 11.8 Å². The van der Waals surface area contributed by atoms with Crippen LogP contribution in [0.4, 0.5) is 0 Å². The molecule has 0 saturated heterocycles. The molecule has 1 aromatic rings. The minimum atomic E-state index is -0.124. The van der Waals surface area contributed by atoms with Gasteiger partial charge in [-0.05, 0) is 30.7 Å². The Morgan fingerprint density at radius 1 is 1.56 bits per heavy atom. The van der Waals surface area contributed by atoms with Gasteiger partial charge in [0.1, 0.15) is 5.69 Å². The Bertz CT molecular complexity index is 337. The maximum atomic E-state index is 11.6. The second-order valence-electron chi connectivity index (χ2n) is 4.31. The fraction of sp³-hybridized carbons (Fsp3) is 0.636. The summed E-state index contributed by atoms with van der Waals surface area (Å²) in [6.07, 6.45) is 4.87. The van der Waals surface area contributed by atoms with Crippen molar-refractivity contribution in [1.29, 1.82) is 0 Å². The smallest absolute Gasteiger partial charge is 0.269 e. The normalized spacial score (nSPS) is 24.6. The lowest BCUT2D eigenvalue weighted by atomic mass is 9.97. The van der Waals surface area contributed by atoms with Crippen molar-refractivity contribution < 1.29 is 9.90 Å². The Balaban J connectivity index is 1.81. The van der Waals surface area contributed by atoms with E-state index >= 15 is 0 Å². The molecule has 0 bridgehead atoms. The molecule has 0 aliphatic heterocycles. The molecule has 5 nitrogen and oxygen atoms in total. The Kier molecular flexibility index (Phi) is 3.56. The van der Waals surface area contributed by atoms with E-state index in [0.29, 0.717) is 24.1 Å². The number of amides is 1. The molecular formula is C11H17N3O2. The second kappa shape index (κ2) is 5.12. The predicted octanol–water partition coefficient (Wildman–Crippen LogP) is 0.548. The average molecular weight is 223 g/mol. The molecule has 1 fully saturated rings. The van der Waals surface area contributed by atoms with Gasteiger partial charge in [0, 0.05) is 19.3 Å². The van der Waals surface area contributed by atoms with Gasteiger partial charge in [0.15, 0.2) is 0 Å². The van der Waals surface area contributed by atoms with Crippen molar-refractivity contribution in [2.75, 3.05) is 13.2 Å². The molecule has 0 aromatic carbocycles. The molecule has 1 amide bonds. The van der Waals surface area contributed by atoms with Crippen LogP contribution in [0.15, 0.2) is 12.3 Å². The number of aromatic amines is 1. The van der Waals surface area contributed by atoms with Gasteiger partial charge in [-0.3, -0.25) is 9.89 Å². The lowest BCUT2D eigenvalue weighted by Gasteiger charge is -2.17. The van der Waals surface area contributed by atoms with Crippen LogP contribution in [0.25, 0.3) is 0 Å². The summed E-state index contributed by atoms with van der Waals surface area (Å²) in [5, 5.41) is 18.4. The quantitative estimate of drug-likeness (QED) is 0.697. The number of nitrogens with zero attached hydrogens (tertiary/aromatic N) is 1. The number of aliphatic hydroxyl groups excluding tert-OH is 1. The lowest BCUT2D eigenvalue weighted by Crippen LogP contribution is -2.31.